The zero-order valence-corrected chi connectivity index (χ0v) is 8.54. The van der Waals surface area contributed by atoms with E-state index in [1.807, 2.05) is 31.2 Å². The van der Waals surface area contributed by atoms with Gasteiger partial charge in [-0.1, -0.05) is 19.1 Å². The molecule has 0 saturated heterocycles. The number of ether oxygens (including phenoxy) is 1. The van der Waals surface area contributed by atoms with Crippen LogP contribution in [0.2, 0.25) is 0 Å². The molecule has 0 aliphatic carbocycles. The van der Waals surface area contributed by atoms with Crippen LogP contribution < -0.4 is 10.1 Å². The fourth-order valence-electron chi connectivity index (χ4n) is 1.07. The molecule has 1 amide bonds. The van der Waals surface area contributed by atoms with Gasteiger partial charge in [-0.25, -0.2) is 0 Å². The lowest BCUT2D eigenvalue weighted by Gasteiger charge is -2.04. The average molecular weight is 193 g/mol. The quantitative estimate of drug-likeness (QED) is 0.790. The van der Waals surface area contributed by atoms with Crippen LogP contribution in [0, 0.1) is 0 Å². The SMILES string of the molecule is CCC(=O)NCc1ccc(OC)cc1. The molecule has 0 fully saturated rings. The fraction of sp³-hybridized carbons (Fsp3) is 0.364. The Labute approximate surface area is 84.1 Å². The molecule has 0 aliphatic heterocycles. The van der Waals surface area contributed by atoms with E-state index in [0.717, 1.165) is 11.3 Å². The Bertz CT molecular complexity index is 293. The first kappa shape index (κ1) is 10.6. The van der Waals surface area contributed by atoms with Crippen LogP contribution in [0.15, 0.2) is 24.3 Å². The van der Waals surface area contributed by atoms with Gasteiger partial charge in [-0.3, -0.25) is 4.79 Å². The van der Waals surface area contributed by atoms with Crippen LogP contribution in [0.3, 0.4) is 0 Å². The summed E-state index contributed by atoms with van der Waals surface area (Å²) < 4.78 is 5.03. The highest BCUT2D eigenvalue weighted by atomic mass is 16.5. The number of benzene rings is 1. The van der Waals surface area contributed by atoms with Gasteiger partial charge in [-0.15, -0.1) is 0 Å². The normalized spacial score (nSPS) is 9.57. The first-order valence-electron chi connectivity index (χ1n) is 4.66. The van der Waals surface area contributed by atoms with Crippen LogP contribution in [0.4, 0.5) is 0 Å². The van der Waals surface area contributed by atoms with Gasteiger partial charge >= 0.3 is 0 Å². The molecule has 3 nitrogen and oxygen atoms in total. The van der Waals surface area contributed by atoms with Crippen molar-refractivity contribution in [1.29, 1.82) is 0 Å². The van der Waals surface area contributed by atoms with E-state index in [2.05, 4.69) is 5.32 Å². The van der Waals surface area contributed by atoms with Gasteiger partial charge in [0.2, 0.25) is 5.91 Å². The van der Waals surface area contributed by atoms with E-state index < -0.39 is 0 Å². The van der Waals surface area contributed by atoms with Crippen molar-refractivity contribution >= 4 is 5.91 Å². The Balaban J connectivity index is 2.47. The molecule has 0 heterocycles. The second-order valence-corrected chi connectivity index (χ2v) is 2.98. The highest BCUT2D eigenvalue weighted by Gasteiger charge is 1.97. The minimum atomic E-state index is 0.0702. The first-order valence-corrected chi connectivity index (χ1v) is 4.66. The second-order valence-electron chi connectivity index (χ2n) is 2.98. The lowest BCUT2D eigenvalue weighted by molar-refractivity contribution is -0.120. The summed E-state index contributed by atoms with van der Waals surface area (Å²) in [5.41, 5.74) is 1.08. The molecule has 0 spiro atoms. The van der Waals surface area contributed by atoms with Crippen LogP contribution in [0.5, 0.6) is 5.75 Å². The van der Waals surface area contributed by atoms with Gasteiger partial charge in [0.1, 0.15) is 5.75 Å². The second kappa shape index (κ2) is 5.27. The molecule has 14 heavy (non-hydrogen) atoms. The molecule has 0 saturated carbocycles. The zero-order valence-electron chi connectivity index (χ0n) is 8.54. The maximum atomic E-state index is 11.0. The molecule has 3 heteroatoms. The summed E-state index contributed by atoms with van der Waals surface area (Å²) in [7, 11) is 1.63. The lowest BCUT2D eigenvalue weighted by atomic mass is 10.2. The third-order valence-corrected chi connectivity index (χ3v) is 1.97. The minimum absolute atomic E-state index is 0.0702. The van der Waals surface area contributed by atoms with E-state index in [1.54, 1.807) is 7.11 Å². The Hall–Kier alpha value is -1.51. The molecule has 0 unspecified atom stereocenters. The molecular formula is C11H15NO2. The van der Waals surface area contributed by atoms with Crippen LogP contribution in [0.1, 0.15) is 18.9 Å². The van der Waals surface area contributed by atoms with Crippen molar-refractivity contribution in [3.05, 3.63) is 29.8 Å². The van der Waals surface area contributed by atoms with Gasteiger partial charge < -0.3 is 10.1 Å². The maximum absolute atomic E-state index is 11.0. The smallest absolute Gasteiger partial charge is 0.219 e. The summed E-state index contributed by atoms with van der Waals surface area (Å²) in [6, 6.07) is 7.64. The fourth-order valence-corrected chi connectivity index (χ4v) is 1.07. The number of hydrogen-bond donors (Lipinski definition) is 1. The molecule has 1 N–H and O–H groups in total. The third-order valence-electron chi connectivity index (χ3n) is 1.97. The standard InChI is InChI=1S/C11H15NO2/c1-3-11(13)12-8-9-4-6-10(14-2)7-5-9/h4-7H,3,8H2,1-2H3,(H,12,13). The number of carbonyl (C=O) groups excluding carboxylic acids is 1. The summed E-state index contributed by atoms with van der Waals surface area (Å²) in [4.78, 5) is 11.0. The zero-order chi connectivity index (χ0) is 10.4. The highest BCUT2D eigenvalue weighted by molar-refractivity contribution is 5.75. The minimum Gasteiger partial charge on any atom is -0.497 e. The van der Waals surface area contributed by atoms with Crippen LogP contribution >= 0.6 is 0 Å². The van der Waals surface area contributed by atoms with Gasteiger partial charge in [0.05, 0.1) is 7.11 Å². The van der Waals surface area contributed by atoms with E-state index >= 15 is 0 Å². The van der Waals surface area contributed by atoms with Crippen LogP contribution in [-0.2, 0) is 11.3 Å². The van der Waals surface area contributed by atoms with E-state index in [-0.39, 0.29) is 5.91 Å². The van der Waals surface area contributed by atoms with Crippen molar-refractivity contribution < 1.29 is 9.53 Å². The van der Waals surface area contributed by atoms with Gasteiger partial charge in [0.15, 0.2) is 0 Å². The number of carbonyl (C=O) groups is 1. The summed E-state index contributed by atoms with van der Waals surface area (Å²) >= 11 is 0. The van der Waals surface area contributed by atoms with Crippen LogP contribution in [0.25, 0.3) is 0 Å². The van der Waals surface area contributed by atoms with E-state index in [4.69, 9.17) is 4.74 Å². The first-order chi connectivity index (χ1) is 6.76. The maximum Gasteiger partial charge on any atom is 0.219 e. The predicted molar refractivity (Wildman–Crippen MR) is 55.1 cm³/mol. The van der Waals surface area contributed by atoms with Crippen molar-refractivity contribution in [2.24, 2.45) is 0 Å². The Kier molecular flexibility index (Phi) is 3.98. The average Bonchev–Trinajstić information content (AvgIpc) is 2.26. The molecule has 1 rings (SSSR count). The summed E-state index contributed by atoms with van der Waals surface area (Å²) in [5, 5.41) is 2.81. The molecule has 76 valence electrons. The van der Waals surface area contributed by atoms with Crippen molar-refractivity contribution in [2.75, 3.05) is 7.11 Å². The molecule has 0 aliphatic rings. The molecule has 0 bridgehead atoms. The number of amides is 1. The molecule has 1 aromatic carbocycles. The summed E-state index contributed by atoms with van der Waals surface area (Å²) in [6.07, 6.45) is 0.524. The third kappa shape index (κ3) is 3.09. The molecule has 0 radical (unpaired) electrons. The van der Waals surface area contributed by atoms with Crippen molar-refractivity contribution in [2.45, 2.75) is 19.9 Å². The number of hydrogen-bond acceptors (Lipinski definition) is 2. The number of rotatable bonds is 4. The van der Waals surface area contributed by atoms with Gasteiger partial charge in [0.25, 0.3) is 0 Å². The topological polar surface area (TPSA) is 38.3 Å². The van der Waals surface area contributed by atoms with Gasteiger partial charge in [0, 0.05) is 13.0 Å². The van der Waals surface area contributed by atoms with Gasteiger partial charge in [-0.05, 0) is 17.7 Å². The summed E-state index contributed by atoms with van der Waals surface area (Å²) in [6.45, 7) is 2.42. The predicted octanol–water partition coefficient (Wildman–Crippen LogP) is 1.72. The molecule has 0 atom stereocenters. The number of nitrogens with one attached hydrogen (secondary N) is 1. The number of methoxy groups -OCH3 is 1. The molecule has 1 aromatic rings. The van der Waals surface area contributed by atoms with E-state index in [9.17, 15) is 4.79 Å². The molecule has 0 aromatic heterocycles. The van der Waals surface area contributed by atoms with E-state index in [1.165, 1.54) is 0 Å². The Morgan fingerprint density at radius 3 is 2.50 bits per heavy atom. The van der Waals surface area contributed by atoms with Gasteiger partial charge in [-0.2, -0.15) is 0 Å². The van der Waals surface area contributed by atoms with Crippen molar-refractivity contribution in [3.8, 4) is 5.75 Å². The van der Waals surface area contributed by atoms with E-state index in [0.29, 0.717) is 13.0 Å². The largest absolute Gasteiger partial charge is 0.497 e. The van der Waals surface area contributed by atoms with Crippen molar-refractivity contribution in [3.63, 3.8) is 0 Å². The Morgan fingerprint density at radius 2 is 2.00 bits per heavy atom. The van der Waals surface area contributed by atoms with Crippen molar-refractivity contribution in [1.82, 2.24) is 5.32 Å². The highest BCUT2D eigenvalue weighted by Crippen LogP contribution is 2.10. The van der Waals surface area contributed by atoms with Crippen LogP contribution in [-0.4, -0.2) is 13.0 Å². The summed E-state index contributed by atoms with van der Waals surface area (Å²) in [5.74, 6) is 0.899. The lowest BCUT2D eigenvalue weighted by Crippen LogP contribution is -2.21. The monoisotopic (exact) mass is 193 g/mol. The molecular weight excluding hydrogens is 178 g/mol. The Morgan fingerprint density at radius 1 is 1.36 bits per heavy atom.